The van der Waals surface area contributed by atoms with Crippen molar-refractivity contribution in [2.75, 3.05) is 0 Å². The fraction of sp³-hybridized carbons (Fsp3) is 0. The van der Waals surface area contributed by atoms with Crippen LogP contribution in [0.25, 0.3) is 0 Å². The first-order valence-electron chi connectivity index (χ1n) is 0.698. The maximum absolute atomic E-state index is 8.87. The van der Waals surface area contributed by atoms with Gasteiger partial charge in [0.05, 0.1) is 0 Å². The molecular formula is H2Ag2O4W. The van der Waals surface area contributed by atoms with Gasteiger partial charge in [-0.1, -0.05) is 0 Å². The van der Waals surface area contributed by atoms with Crippen molar-refractivity contribution in [1.82, 2.24) is 0 Å². The SMILES string of the molecule is [Ag].[Ag].[O]=[W](=[O])([OH])[OH]. The van der Waals surface area contributed by atoms with Crippen LogP contribution in [0.3, 0.4) is 0 Å². The van der Waals surface area contributed by atoms with Gasteiger partial charge in [0, 0.05) is 44.8 Å². The Morgan fingerprint density at radius 2 is 1.00 bits per heavy atom. The normalized spacial score (nSPS) is 8.29. The van der Waals surface area contributed by atoms with Crippen molar-refractivity contribution < 1.29 is 75.8 Å². The number of hydrogen-bond acceptors (Lipinski definition) is 2. The van der Waals surface area contributed by atoms with Gasteiger partial charge in [0.1, 0.15) is 0 Å². The molecule has 7 heteroatoms. The topological polar surface area (TPSA) is 74.6 Å². The van der Waals surface area contributed by atoms with Gasteiger partial charge >= 0.3 is 31.1 Å². The Bertz CT molecular complexity index is 92.9. The first-order chi connectivity index (χ1) is 2.00. The van der Waals surface area contributed by atoms with Gasteiger partial charge in [0.2, 0.25) is 0 Å². The Morgan fingerprint density at radius 1 is 1.00 bits per heavy atom. The summed E-state index contributed by atoms with van der Waals surface area (Å²) in [5.74, 6) is 0. The van der Waals surface area contributed by atoms with Crippen molar-refractivity contribution >= 4 is 0 Å². The third-order valence-corrected chi connectivity index (χ3v) is 0. The number of rotatable bonds is 0. The first-order valence-corrected chi connectivity index (χ1v) is 5.72. The molecule has 7 heavy (non-hydrogen) atoms. The zero-order valence-electron chi connectivity index (χ0n) is 2.72. The molecule has 0 saturated heterocycles. The Balaban J connectivity index is -0.0000000800. The molecule has 0 unspecified atom stereocenters. The van der Waals surface area contributed by atoms with Crippen molar-refractivity contribution in [3.05, 3.63) is 0 Å². The van der Waals surface area contributed by atoms with Crippen molar-refractivity contribution in [1.29, 1.82) is 0 Å². The summed E-state index contributed by atoms with van der Waals surface area (Å²) >= 11 is -5.67. The van der Waals surface area contributed by atoms with Gasteiger partial charge in [-0.15, -0.1) is 0 Å². The van der Waals surface area contributed by atoms with E-state index in [1.807, 2.05) is 0 Å². The summed E-state index contributed by atoms with van der Waals surface area (Å²) in [6, 6.07) is 0. The first kappa shape index (κ1) is 15.9. The van der Waals surface area contributed by atoms with Crippen LogP contribution in [0.1, 0.15) is 0 Å². The molecule has 0 rings (SSSR count). The average Bonchev–Trinajstić information content (AvgIpc) is 0.722. The zero-order chi connectivity index (χ0) is 4.50. The van der Waals surface area contributed by atoms with E-state index in [0.717, 1.165) is 0 Å². The van der Waals surface area contributed by atoms with Crippen molar-refractivity contribution in [2.45, 2.75) is 0 Å². The zero-order valence-corrected chi connectivity index (χ0v) is 8.62. The van der Waals surface area contributed by atoms with E-state index in [4.69, 9.17) is 14.3 Å². The molecule has 2 N–H and O–H groups in total. The van der Waals surface area contributed by atoms with Crippen molar-refractivity contribution in [2.24, 2.45) is 0 Å². The predicted molar refractivity (Wildman–Crippen MR) is 5.81 cm³/mol. The fourth-order valence-electron chi connectivity index (χ4n) is 0. The summed E-state index contributed by atoms with van der Waals surface area (Å²) in [5, 5.41) is 0. The van der Waals surface area contributed by atoms with Crippen LogP contribution in [-0.2, 0) is 68.3 Å². The van der Waals surface area contributed by atoms with Crippen LogP contribution in [0.4, 0.5) is 0 Å². The van der Waals surface area contributed by atoms with Crippen LogP contribution in [-0.4, -0.2) is 7.52 Å². The summed E-state index contributed by atoms with van der Waals surface area (Å²) in [4.78, 5) is 0. The second kappa shape index (κ2) is 5.82. The van der Waals surface area contributed by atoms with Crippen LogP contribution in [0.2, 0.25) is 0 Å². The van der Waals surface area contributed by atoms with E-state index in [1.54, 1.807) is 0 Å². The summed E-state index contributed by atoms with van der Waals surface area (Å²) in [6.45, 7) is 0. The molecule has 0 aliphatic heterocycles. The monoisotopic (exact) mass is 464 g/mol. The van der Waals surface area contributed by atoms with Gasteiger partial charge in [0.15, 0.2) is 0 Å². The molecule has 2 radical (unpaired) electrons. The van der Waals surface area contributed by atoms with Gasteiger partial charge in [0.25, 0.3) is 0 Å². The second-order valence-corrected chi connectivity index (χ2v) is 3.67. The summed E-state index contributed by atoms with van der Waals surface area (Å²) in [5.41, 5.74) is 0. The molecule has 54 valence electrons. The van der Waals surface area contributed by atoms with E-state index in [1.165, 1.54) is 0 Å². The van der Waals surface area contributed by atoms with Gasteiger partial charge in [-0.3, -0.25) is 0 Å². The Morgan fingerprint density at radius 3 is 1.00 bits per heavy atom. The van der Waals surface area contributed by atoms with E-state index in [9.17, 15) is 0 Å². The molecule has 4 nitrogen and oxygen atoms in total. The molecule has 0 heterocycles. The summed E-state index contributed by atoms with van der Waals surface area (Å²) in [7, 11) is 0. The van der Waals surface area contributed by atoms with Crippen LogP contribution in [0.5, 0.6) is 0 Å². The average molecular weight is 466 g/mol. The van der Waals surface area contributed by atoms with E-state index < -0.39 is 16.7 Å². The van der Waals surface area contributed by atoms with Gasteiger partial charge in [-0.05, 0) is 0 Å². The van der Waals surface area contributed by atoms with E-state index >= 15 is 0 Å². The van der Waals surface area contributed by atoms with Crippen LogP contribution in [0.15, 0.2) is 0 Å². The molecule has 0 spiro atoms. The maximum atomic E-state index is 8.87. The van der Waals surface area contributed by atoms with Gasteiger partial charge in [-0.2, -0.15) is 0 Å². The molecule has 0 atom stereocenters. The van der Waals surface area contributed by atoms with Crippen molar-refractivity contribution in [3.63, 3.8) is 0 Å². The molecule has 0 aliphatic carbocycles. The predicted octanol–water partition coefficient (Wildman–Crippen LogP) is -1.36. The summed E-state index contributed by atoms with van der Waals surface area (Å²) < 4.78 is 32.1. The molecule has 0 amide bonds. The molecule has 0 aromatic heterocycles. The number of hydrogen-bond donors (Lipinski definition) is 2. The molecule has 0 fully saturated rings. The molecule has 0 aromatic carbocycles. The summed E-state index contributed by atoms with van der Waals surface area (Å²) in [6.07, 6.45) is 0. The molecule has 0 saturated carbocycles. The second-order valence-electron chi connectivity index (χ2n) is 0.448. The van der Waals surface area contributed by atoms with E-state index in [-0.39, 0.29) is 44.8 Å². The Labute approximate surface area is 75.0 Å². The van der Waals surface area contributed by atoms with Gasteiger partial charge < -0.3 is 0 Å². The van der Waals surface area contributed by atoms with E-state index in [0.29, 0.717) is 0 Å². The fourth-order valence-corrected chi connectivity index (χ4v) is 0. The van der Waals surface area contributed by atoms with Crippen LogP contribution >= 0.6 is 0 Å². The van der Waals surface area contributed by atoms with Crippen molar-refractivity contribution in [3.8, 4) is 0 Å². The molecular weight excluding hydrogens is 464 g/mol. The third kappa shape index (κ3) is 87.2. The molecule has 0 aromatic rings. The Hall–Kier alpha value is 1.69. The van der Waals surface area contributed by atoms with Gasteiger partial charge in [-0.25, -0.2) is 0 Å². The minimum absolute atomic E-state index is 0. The van der Waals surface area contributed by atoms with Crippen LogP contribution < -0.4 is 0 Å². The Kier molecular flexibility index (Phi) is 13.2. The van der Waals surface area contributed by atoms with Crippen LogP contribution in [0, 0.1) is 0 Å². The molecule has 0 bridgehead atoms. The quantitative estimate of drug-likeness (QED) is 0.434. The third-order valence-electron chi connectivity index (χ3n) is 0. The standard InChI is InChI=1S/2Ag.2H2O.2O.W/h;;2*1H2;;;/q;;;;;;+2/p-2. The van der Waals surface area contributed by atoms with E-state index in [2.05, 4.69) is 0 Å². The minimum atomic E-state index is -5.67. The molecule has 0 aliphatic rings.